The van der Waals surface area contributed by atoms with Crippen LogP contribution in [0.15, 0.2) is 36.4 Å². The van der Waals surface area contributed by atoms with Gasteiger partial charge in [-0.25, -0.2) is 0 Å². The summed E-state index contributed by atoms with van der Waals surface area (Å²) < 4.78 is 1.77. The van der Waals surface area contributed by atoms with Crippen molar-refractivity contribution in [2.24, 2.45) is 0 Å². The lowest BCUT2D eigenvalue weighted by atomic mass is 10.1. The predicted octanol–water partition coefficient (Wildman–Crippen LogP) is 2.16. The van der Waals surface area contributed by atoms with Gasteiger partial charge in [0.15, 0.2) is 0 Å². The third-order valence-corrected chi connectivity index (χ3v) is 4.32. The Morgan fingerprint density at radius 2 is 1.91 bits per heavy atom. The van der Waals surface area contributed by atoms with Gasteiger partial charge >= 0.3 is 0 Å². The van der Waals surface area contributed by atoms with Crippen molar-refractivity contribution in [1.29, 1.82) is 5.26 Å². The number of amides is 1. The average Bonchev–Trinajstić information content (AvgIpc) is 3.19. The summed E-state index contributed by atoms with van der Waals surface area (Å²) in [5.74, 6) is 0.0592. The molecule has 0 saturated carbocycles. The number of rotatable bonds is 4. The molecule has 23 heavy (non-hydrogen) atoms. The van der Waals surface area contributed by atoms with E-state index < -0.39 is 0 Å². The van der Waals surface area contributed by atoms with Crippen molar-refractivity contribution in [2.75, 3.05) is 18.8 Å². The van der Waals surface area contributed by atoms with Crippen LogP contribution in [-0.4, -0.2) is 28.5 Å². The number of aromatic nitrogens is 1. The van der Waals surface area contributed by atoms with Crippen molar-refractivity contribution < 1.29 is 4.79 Å². The molecule has 5 heteroatoms. The Bertz CT molecular complexity index is 736. The topological polar surface area (TPSA) is 75.0 Å². The maximum absolute atomic E-state index is 12.5. The molecule has 1 saturated heterocycles. The molecule has 1 aliphatic heterocycles. The second-order valence-corrected chi connectivity index (χ2v) is 5.88. The first-order valence-corrected chi connectivity index (χ1v) is 7.88. The summed E-state index contributed by atoms with van der Waals surface area (Å²) in [6, 6.07) is 13.8. The smallest absolute Gasteiger partial charge is 0.242 e. The second kappa shape index (κ2) is 6.57. The number of nitrogens with zero attached hydrogens (tertiary/aromatic N) is 3. The van der Waals surface area contributed by atoms with E-state index in [0.717, 1.165) is 37.2 Å². The van der Waals surface area contributed by atoms with Crippen LogP contribution in [0.4, 0.5) is 5.69 Å². The van der Waals surface area contributed by atoms with E-state index in [-0.39, 0.29) is 12.5 Å². The molecule has 0 spiro atoms. The number of nitrogens with two attached hydrogens (primary N) is 1. The predicted molar refractivity (Wildman–Crippen MR) is 88.6 cm³/mol. The Morgan fingerprint density at radius 3 is 2.57 bits per heavy atom. The molecule has 2 heterocycles. The number of nitrogen functional groups attached to an aromatic ring is 1. The number of anilines is 1. The van der Waals surface area contributed by atoms with Crippen LogP contribution in [-0.2, 0) is 17.8 Å². The van der Waals surface area contributed by atoms with Crippen molar-refractivity contribution >= 4 is 11.6 Å². The molecule has 0 aliphatic carbocycles. The van der Waals surface area contributed by atoms with E-state index in [4.69, 9.17) is 5.73 Å². The maximum atomic E-state index is 12.5. The first-order valence-electron chi connectivity index (χ1n) is 7.88. The molecule has 1 amide bonds. The molecule has 1 aromatic carbocycles. The van der Waals surface area contributed by atoms with Crippen LogP contribution in [0.2, 0.25) is 0 Å². The van der Waals surface area contributed by atoms with Gasteiger partial charge in [0.25, 0.3) is 0 Å². The molecular formula is C18H20N4O. The highest BCUT2D eigenvalue weighted by molar-refractivity contribution is 5.77. The largest absolute Gasteiger partial charge is 0.397 e. The van der Waals surface area contributed by atoms with Crippen LogP contribution in [0.5, 0.6) is 0 Å². The average molecular weight is 308 g/mol. The van der Waals surface area contributed by atoms with Crippen molar-refractivity contribution in [3.05, 3.63) is 53.3 Å². The van der Waals surface area contributed by atoms with Crippen LogP contribution in [0, 0.1) is 11.3 Å². The molecule has 0 bridgehead atoms. The van der Waals surface area contributed by atoms with Gasteiger partial charge in [0, 0.05) is 25.2 Å². The Balaban J connectivity index is 1.88. The molecule has 0 unspecified atom stereocenters. The van der Waals surface area contributed by atoms with Crippen LogP contribution in [0.1, 0.15) is 29.8 Å². The minimum absolute atomic E-state index is 0.0592. The Labute approximate surface area is 135 Å². The summed E-state index contributed by atoms with van der Waals surface area (Å²) in [5.41, 5.74) is 9.05. The van der Waals surface area contributed by atoms with Crippen LogP contribution in [0.3, 0.4) is 0 Å². The van der Waals surface area contributed by atoms with Crippen LogP contribution >= 0.6 is 0 Å². The summed E-state index contributed by atoms with van der Waals surface area (Å²) in [6.45, 7) is 1.80. The first-order chi connectivity index (χ1) is 11.2. The van der Waals surface area contributed by atoms with Crippen molar-refractivity contribution in [3.8, 4) is 6.07 Å². The van der Waals surface area contributed by atoms with E-state index in [0.29, 0.717) is 17.8 Å². The molecule has 2 aromatic rings. The Hall–Kier alpha value is -2.74. The number of benzene rings is 1. The molecule has 0 atom stereocenters. The van der Waals surface area contributed by atoms with Gasteiger partial charge in [-0.1, -0.05) is 30.3 Å². The highest BCUT2D eigenvalue weighted by atomic mass is 16.2. The van der Waals surface area contributed by atoms with Gasteiger partial charge in [-0.15, -0.1) is 0 Å². The lowest BCUT2D eigenvalue weighted by Crippen LogP contribution is -2.31. The fourth-order valence-corrected chi connectivity index (χ4v) is 3.07. The SMILES string of the molecule is N#Cc1cc(N)c(Cc2ccccc2)n1CC(=O)N1CCCC1. The van der Waals surface area contributed by atoms with E-state index in [9.17, 15) is 10.1 Å². The minimum atomic E-state index is 0.0592. The number of carbonyl (C=O) groups excluding carboxylic acids is 1. The lowest BCUT2D eigenvalue weighted by Gasteiger charge is -2.18. The normalized spacial score (nSPS) is 14.0. The van der Waals surface area contributed by atoms with Gasteiger partial charge < -0.3 is 15.2 Å². The zero-order valence-electron chi connectivity index (χ0n) is 13.0. The van der Waals surface area contributed by atoms with Gasteiger partial charge in [0.1, 0.15) is 18.3 Å². The molecule has 0 radical (unpaired) electrons. The molecule has 118 valence electrons. The summed E-state index contributed by atoms with van der Waals surface area (Å²) in [6.07, 6.45) is 2.73. The van der Waals surface area contributed by atoms with Gasteiger partial charge in [-0.3, -0.25) is 4.79 Å². The molecule has 5 nitrogen and oxygen atoms in total. The highest BCUT2D eigenvalue weighted by Crippen LogP contribution is 2.22. The lowest BCUT2D eigenvalue weighted by molar-refractivity contribution is -0.130. The number of likely N-dealkylation sites (tertiary alicyclic amines) is 1. The van der Waals surface area contributed by atoms with Crippen molar-refractivity contribution in [2.45, 2.75) is 25.8 Å². The zero-order valence-corrected chi connectivity index (χ0v) is 13.0. The van der Waals surface area contributed by atoms with Gasteiger partial charge in [-0.2, -0.15) is 5.26 Å². The van der Waals surface area contributed by atoms with E-state index in [1.165, 1.54) is 0 Å². The summed E-state index contributed by atoms with van der Waals surface area (Å²) in [4.78, 5) is 14.3. The summed E-state index contributed by atoms with van der Waals surface area (Å²) in [7, 11) is 0. The third kappa shape index (κ3) is 3.21. The monoisotopic (exact) mass is 308 g/mol. The minimum Gasteiger partial charge on any atom is -0.397 e. The van der Waals surface area contributed by atoms with E-state index >= 15 is 0 Å². The quantitative estimate of drug-likeness (QED) is 0.940. The standard InChI is InChI=1S/C18H20N4O/c19-12-15-11-16(20)17(10-14-6-2-1-3-7-14)22(15)13-18(23)21-8-4-5-9-21/h1-3,6-7,11H,4-5,8-10,13,20H2. The second-order valence-electron chi connectivity index (χ2n) is 5.88. The highest BCUT2D eigenvalue weighted by Gasteiger charge is 2.21. The summed E-state index contributed by atoms with van der Waals surface area (Å²) >= 11 is 0. The molecule has 1 aliphatic rings. The molecule has 1 aromatic heterocycles. The molecular weight excluding hydrogens is 288 g/mol. The van der Waals surface area contributed by atoms with Gasteiger partial charge in [0.2, 0.25) is 5.91 Å². The first kappa shape index (κ1) is 15.2. The van der Waals surface area contributed by atoms with Crippen LogP contribution in [0.25, 0.3) is 0 Å². The van der Waals surface area contributed by atoms with Crippen LogP contribution < -0.4 is 5.73 Å². The molecule has 3 rings (SSSR count). The van der Waals surface area contributed by atoms with E-state index in [1.807, 2.05) is 35.2 Å². The Kier molecular flexibility index (Phi) is 4.33. The van der Waals surface area contributed by atoms with E-state index in [1.54, 1.807) is 10.6 Å². The maximum Gasteiger partial charge on any atom is 0.242 e. The third-order valence-electron chi connectivity index (χ3n) is 4.32. The molecule has 2 N–H and O–H groups in total. The van der Waals surface area contributed by atoms with E-state index in [2.05, 4.69) is 6.07 Å². The molecule has 1 fully saturated rings. The zero-order chi connectivity index (χ0) is 16.2. The van der Waals surface area contributed by atoms with Gasteiger partial charge in [0.05, 0.1) is 5.69 Å². The number of hydrogen-bond donors (Lipinski definition) is 1. The number of carbonyl (C=O) groups is 1. The fraction of sp³-hybridized carbons (Fsp3) is 0.333. The van der Waals surface area contributed by atoms with Gasteiger partial charge in [-0.05, 0) is 24.5 Å². The van der Waals surface area contributed by atoms with Crippen molar-refractivity contribution in [3.63, 3.8) is 0 Å². The fourth-order valence-electron chi connectivity index (χ4n) is 3.07. The number of hydrogen-bond acceptors (Lipinski definition) is 3. The Morgan fingerprint density at radius 1 is 1.22 bits per heavy atom. The number of nitriles is 1. The van der Waals surface area contributed by atoms with Crippen molar-refractivity contribution in [1.82, 2.24) is 9.47 Å². The summed E-state index contributed by atoms with van der Waals surface area (Å²) in [5, 5.41) is 9.35.